The van der Waals surface area contributed by atoms with E-state index in [4.69, 9.17) is 5.11 Å². The van der Waals surface area contributed by atoms with Crippen molar-refractivity contribution in [3.05, 3.63) is 29.3 Å². The first-order valence-corrected chi connectivity index (χ1v) is 7.60. The number of halogens is 2. The number of nitrogens with one attached hydrogen (secondary N) is 1. The Kier molecular flexibility index (Phi) is 4.26. The molecule has 0 amide bonds. The molecule has 0 spiro atoms. The normalized spacial score (nSPS) is 16.7. The van der Waals surface area contributed by atoms with Gasteiger partial charge in [0.25, 0.3) is 0 Å². The third-order valence-corrected chi connectivity index (χ3v) is 4.60. The minimum atomic E-state index is -4.46. The van der Waals surface area contributed by atoms with Crippen molar-refractivity contribution in [2.75, 3.05) is 6.54 Å². The van der Waals surface area contributed by atoms with Gasteiger partial charge < -0.3 is 10.2 Å². The number of benzene rings is 1. The third-order valence-electron chi connectivity index (χ3n) is 3.18. The second-order valence-corrected chi connectivity index (χ2v) is 6.57. The molecule has 1 aliphatic carbocycles. The monoisotopic (exact) mass is 321 g/mol. The lowest BCUT2D eigenvalue weighted by atomic mass is 10.2. The summed E-state index contributed by atoms with van der Waals surface area (Å²) in [5, 5.41) is 18.3. The Bertz CT molecular complexity index is 672. The highest BCUT2D eigenvalue weighted by Gasteiger charge is 2.31. The second-order valence-electron chi connectivity index (χ2n) is 4.83. The fraction of sp³-hybridized carbons (Fsp3) is 0.417. The van der Waals surface area contributed by atoms with Crippen molar-refractivity contribution in [3.8, 4) is 0 Å². The van der Waals surface area contributed by atoms with Crippen molar-refractivity contribution < 1.29 is 32.2 Å². The van der Waals surface area contributed by atoms with Crippen LogP contribution in [-0.2, 0) is 10.0 Å². The summed E-state index contributed by atoms with van der Waals surface area (Å²) < 4.78 is 52.6. The molecular weight excluding hydrogens is 308 g/mol. The van der Waals surface area contributed by atoms with Gasteiger partial charge in [-0.2, -0.15) is 0 Å². The number of aromatic carboxylic acids is 1. The van der Waals surface area contributed by atoms with Gasteiger partial charge in [-0.25, -0.2) is 26.7 Å². The van der Waals surface area contributed by atoms with Crippen LogP contribution in [0.15, 0.2) is 17.0 Å². The first-order valence-electron chi connectivity index (χ1n) is 6.12. The largest absolute Gasteiger partial charge is 0.478 e. The first kappa shape index (κ1) is 15.8. The number of carbonyl (C=O) groups is 1. The average Bonchev–Trinajstić information content (AvgIpc) is 3.23. The SMILES string of the molecule is O=C(O)c1cc(F)c(F)c(S(=O)(=O)NCC(O)C2CC2)c1. The summed E-state index contributed by atoms with van der Waals surface area (Å²) in [5.74, 6) is -4.81. The number of carboxylic acids is 1. The molecular formula is C12H13F2NO5S. The van der Waals surface area contributed by atoms with Crippen molar-refractivity contribution in [3.63, 3.8) is 0 Å². The molecule has 0 saturated heterocycles. The van der Waals surface area contributed by atoms with Crippen LogP contribution in [0.2, 0.25) is 0 Å². The highest BCUT2D eigenvalue weighted by Crippen LogP contribution is 2.32. The molecule has 1 fully saturated rings. The van der Waals surface area contributed by atoms with Gasteiger partial charge in [-0.1, -0.05) is 0 Å². The molecule has 21 heavy (non-hydrogen) atoms. The van der Waals surface area contributed by atoms with E-state index in [0.29, 0.717) is 12.1 Å². The van der Waals surface area contributed by atoms with Crippen LogP contribution in [0.5, 0.6) is 0 Å². The van der Waals surface area contributed by atoms with Gasteiger partial charge in [-0.05, 0) is 30.9 Å². The summed E-state index contributed by atoms with van der Waals surface area (Å²) in [6.45, 7) is -0.342. The van der Waals surface area contributed by atoms with Gasteiger partial charge in [0.1, 0.15) is 4.90 Å². The van der Waals surface area contributed by atoms with Gasteiger partial charge in [0.05, 0.1) is 11.7 Å². The van der Waals surface area contributed by atoms with Crippen LogP contribution in [0.1, 0.15) is 23.2 Å². The molecule has 0 radical (unpaired) electrons. The van der Waals surface area contributed by atoms with E-state index in [-0.39, 0.29) is 12.5 Å². The van der Waals surface area contributed by atoms with E-state index >= 15 is 0 Å². The van der Waals surface area contributed by atoms with Crippen LogP contribution in [-0.4, -0.2) is 37.2 Å². The molecule has 9 heteroatoms. The van der Waals surface area contributed by atoms with Crippen LogP contribution in [0.3, 0.4) is 0 Å². The zero-order valence-electron chi connectivity index (χ0n) is 10.7. The molecule has 6 nitrogen and oxygen atoms in total. The van der Waals surface area contributed by atoms with Crippen molar-refractivity contribution in [1.29, 1.82) is 0 Å². The number of carboxylic acid groups (broad SMARTS) is 1. The van der Waals surface area contributed by atoms with E-state index in [1.54, 1.807) is 0 Å². The van der Waals surface area contributed by atoms with E-state index in [2.05, 4.69) is 0 Å². The van der Waals surface area contributed by atoms with E-state index in [0.717, 1.165) is 12.8 Å². The molecule has 0 bridgehead atoms. The van der Waals surface area contributed by atoms with Gasteiger partial charge in [-0.3, -0.25) is 0 Å². The van der Waals surface area contributed by atoms with E-state index in [1.807, 2.05) is 4.72 Å². The number of hydrogen-bond acceptors (Lipinski definition) is 4. The second kappa shape index (κ2) is 5.66. The Balaban J connectivity index is 2.27. The molecule has 116 valence electrons. The standard InChI is InChI=1S/C12H13F2NO5S/c13-8-3-7(12(17)18)4-10(11(8)14)21(19,20)15-5-9(16)6-1-2-6/h3-4,6,9,15-16H,1-2,5H2,(H,17,18). The Morgan fingerprint density at radius 2 is 2.00 bits per heavy atom. The van der Waals surface area contributed by atoms with Gasteiger partial charge in [-0.15, -0.1) is 0 Å². The summed E-state index contributed by atoms with van der Waals surface area (Å²) in [6, 6.07) is 0.933. The molecule has 1 aromatic rings. The topological polar surface area (TPSA) is 104 Å². The fourth-order valence-electron chi connectivity index (χ4n) is 1.80. The van der Waals surface area contributed by atoms with E-state index in [9.17, 15) is 27.1 Å². The van der Waals surface area contributed by atoms with Crippen molar-refractivity contribution in [2.24, 2.45) is 5.92 Å². The maximum absolute atomic E-state index is 13.6. The Morgan fingerprint density at radius 1 is 1.38 bits per heavy atom. The van der Waals surface area contributed by atoms with Crippen molar-refractivity contribution >= 4 is 16.0 Å². The van der Waals surface area contributed by atoms with E-state index in [1.165, 1.54) is 0 Å². The maximum atomic E-state index is 13.6. The van der Waals surface area contributed by atoms with E-state index < -0.39 is 44.2 Å². The number of aliphatic hydroxyl groups excluding tert-OH is 1. The minimum Gasteiger partial charge on any atom is -0.478 e. The van der Waals surface area contributed by atoms with Crippen molar-refractivity contribution in [2.45, 2.75) is 23.8 Å². The summed E-state index contributed by atoms with van der Waals surface area (Å²) in [4.78, 5) is 9.67. The van der Waals surface area contributed by atoms with Crippen molar-refractivity contribution in [1.82, 2.24) is 4.72 Å². The zero-order chi connectivity index (χ0) is 15.8. The fourth-order valence-corrected chi connectivity index (χ4v) is 2.96. The van der Waals surface area contributed by atoms with Gasteiger partial charge in [0.2, 0.25) is 10.0 Å². The van der Waals surface area contributed by atoms with Gasteiger partial charge in [0, 0.05) is 6.54 Å². The zero-order valence-corrected chi connectivity index (χ0v) is 11.5. The van der Waals surface area contributed by atoms with Crippen LogP contribution in [0, 0.1) is 17.6 Å². The summed E-state index contributed by atoms with van der Waals surface area (Å²) in [6.07, 6.45) is 0.649. The van der Waals surface area contributed by atoms with Gasteiger partial charge in [0.15, 0.2) is 11.6 Å². The Hall–Kier alpha value is -1.58. The Morgan fingerprint density at radius 3 is 2.52 bits per heavy atom. The lowest BCUT2D eigenvalue weighted by Gasteiger charge is -2.12. The summed E-state index contributed by atoms with van der Waals surface area (Å²) in [5.41, 5.74) is -0.683. The molecule has 1 unspecified atom stereocenters. The molecule has 0 aromatic heterocycles. The molecule has 1 aromatic carbocycles. The predicted molar refractivity (Wildman–Crippen MR) is 67.2 cm³/mol. The predicted octanol–water partition coefficient (Wildman–Crippen LogP) is 0.712. The van der Waals surface area contributed by atoms with Crippen LogP contribution < -0.4 is 4.72 Å². The maximum Gasteiger partial charge on any atom is 0.335 e. The number of rotatable bonds is 6. The molecule has 0 heterocycles. The average molecular weight is 321 g/mol. The molecule has 1 saturated carbocycles. The van der Waals surface area contributed by atoms with Crippen LogP contribution in [0.4, 0.5) is 8.78 Å². The smallest absolute Gasteiger partial charge is 0.335 e. The quantitative estimate of drug-likeness (QED) is 0.716. The minimum absolute atomic E-state index is 0.000336. The van der Waals surface area contributed by atoms with Crippen LogP contribution in [0.25, 0.3) is 0 Å². The summed E-state index contributed by atoms with van der Waals surface area (Å²) in [7, 11) is -4.46. The Labute approximate surface area is 119 Å². The highest BCUT2D eigenvalue weighted by molar-refractivity contribution is 7.89. The number of sulfonamides is 1. The highest BCUT2D eigenvalue weighted by atomic mass is 32.2. The number of aliphatic hydroxyl groups is 1. The molecule has 1 aliphatic rings. The number of hydrogen-bond donors (Lipinski definition) is 3. The lowest BCUT2D eigenvalue weighted by Crippen LogP contribution is -2.33. The third kappa shape index (κ3) is 3.55. The molecule has 2 rings (SSSR count). The van der Waals surface area contributed by atoms with Gasteiger partial charge >= 0.3 is 5.97 Å². The lowest BCUT2D eigenvalue weighted by molar-refractivity contribution is 0.0696. The van der Waals surface area contributed by atoms with Crippen LogP contribution >= 0.6 is 0 Å². The first-order chi connectivity index (χ1) is 9.72. The molecule has 0 aliphatic heterocycles. The molecule has 3 N–H and O–H groups in total. The molecule has 1 atom stereocenters. The summed E-state index contributed by atoms with van der Waals surface area (Å²) >= 11 is 0.